The first-order valence-corrected chi connectivity index (χ1v) is 6.11. The van der Waals surface area contributed by atoms with Crippen molar-refractivity contribution < 1.29 is 4.79 Å². The Balaban J connectivity index is 2.05. The Hall–Kier alpha value is -1.15. The van der Waals surface area contributed by atoms with Crippen molar-refractivity contribution in [2.24, 2.45) is 11.7 Å². The molecule has 0 spiro atoms. The van der Waals surface area contributed by atoms with Crippen molar-refractivity contribution in [3.05, 3.63) is 35.4 Å². The Morgan fingerprint density at radius 2 is 1.81 bits per heavy atom. The second kappa shape index (κ2) is 5.26. The lowest BCUT2D eigenvalue weighted by Gasteiger charge is -2.10. The summed E-state index contributed by atoms with van der Waals surface area (Å²) in [7, 11) is 0. The average molecular weight is 217 g/mol. The molecule has 0 aliphatic heterocycles. The highest BCUT2D eigenvalue weighted by molar-refractivity contribution is 5.83. The number of nitrogens with two attached hydrogens (primary N) is 1. The van der Waals surface area contributed by atoms with Crippen LogP contribution in [0.2, 0.25) is 0 Å². The minimum atomic E-state index is 0.311. The van der Waals surface area contributed by atoms with Gasteiger partial charge in [0.1, 0.15) is 5.78 Å². The molecule has 0 radical (unpaired) electrons. The Morgan fingerprint density at radius 1 is 1.19 bits per heavy atom. The van der Waals surface area contributed by atoms with Crippen LogP contribution in [0.4, 0.5) is 0 Å². The summed E-state index contributed by atoms with van der Waals surface area (Å²) in [4.78, 5) is 12.0. The summed E-state index contributed by atoms with van der Waals surface area (Å²) >= 11 is 0. The molecule has 1 fully saturated rings. The fourth-order valence-electron chi connectivity index (χ4n) is 2.51. The molecule has 2 nitrogen and oxygen atoms in total. The van der Waals surface area contributed by atoms with Crippen molar-refractivity contribution in [1.29, 1.82) is 0 Å². The van der Waals surface area contributed by atoms with Crippen LogP contribution in [0.25, 0.3) is 0 Å². The molecular formula is C14H19NO. The molecule has 0 amide bonds. The highest BCUT2D eigenvalue weighted by Gasteiger charge is 2.22. The molecule has 0 heterocycles. The third-order valence-corrected chi connectivity index (χ3v) is 3.51. The third-order valence-electron chi connectivity index (χ3n) is 3.51. The lowest BCUT2D eigenvalue weighted by Crippen LogP contribution is -2.15. The summed E-state index contributed by atoms with van der Waals surface area (Å²) in [6.45, 7) is 0.522. The van der Waals surface area contributed by atoms with Crippen LogP contribution in [-0.4, -0.2) is 5.78 Å². The number of hydrogen-bond donors (Lipinski definition) is 1. The van der Waals surface area contributed by atoms with Gasteiger partial charge in [-0.1, -0.05) is 37.1 Å². The minimum Gasteiger partial charge on any atom is -0.326 e. The number of hydrogen-bond acceptors (Lipinski definition) is 2. The molecule has 0 aromatic heterocycles. The highest BCUT2D eigenvalue weighted by atomic mass is 16.1. The zero-order chi connectivity index (χ0) is 11.4. The fourth-order valence-corrected chi connectivity index (χ4v) is 2.51. The maximum absolute atomic E-state index is 12.0. The molecule has 1 aromatic carbocycles. The summed E-state index contributed by atoms with van der Waals surface area (Å²) in [6.07, 6.45) is 5.18. The maximum Gasteiger partial charge on any atom is 0.140 e. The topological polar surface area (TPSA) is 43.1 Å². The molecule has 16 heavy (non-hydrogen) atoms. The van der Waals surface area contributed by atoms with Gasteiger partial charge in [-0.15, -0.1) is 0 Å². The standard InChI is InChI=1S/C14H19NO/c15-10-13-8-4-3-7-12(13)9-14(16)11-5-1-2-6-11/h3-4,7-8,11H,1-2,5-6,9-10,15H2. The van der Waals surface area contributed by atoms with E-state index < -0.39 is 0 Å². The van der Waals surface area contributed by atoms with E-state index in [9.17, 15) is 4.79 Å². The van der Waals surface area contributed by atoms with E-state index in [2.05, 4.69) is 0 Å². The van der Waals surface area contributed by atoms with Crippen molar-refractivity contribution in [3.8, 4) is 0 Å². The van der Waals surface area contributed by atoms with Gasteiger partial charge in [0.05, 0.1) is 0 Å². The normalized spacial score (nSPS) is 16.6. The van der Waals surface area contributed by atoms with Gasteiger partial charge in [0.15, 0.2) is 0 Å². The van der Waals surface area contributed by atoms with Crippen molar-refractivity contribution in [2.45, 2.75) is 38.6 Å². The molecule has 1 saturated carbocycles. The first-order chi connectivity index (χ1) is 7.81. The van der Waals surface area contributed by atoms with Gasteiger partial charge in [-0.3, -0.25) is 4.79 Å². The van der Waals surface area contributed by atoms with E-state index >= 15 is 0 Å². The van der Waals surface area contributed by atoms with Crippen LogP contribution in [0.5, 0.6) is 0 Å². The lowest BCUT2D eigenvalue weighted by atomic mass is 9.94. The van der Waals surface area contributed by atoms with Gasteiger partial charge in [-0.2, -0.15) is 0 Å². The predicted molar refractivity (Wildman–Crippen MR) is 65.0 cm³/mol. The van der Waals surface area contributed by atoms with Gasteiger partial charge in [0, 0.05) is 18.9 Å². The van der Waals surface area contributed by atoms with Crippen molar-refractivity contribution in [1.82, 2.24) is 0 Å². The average Bonchev–Trinajstić information content (AvgIpc) is 2.83. The van der Waals surface area contributed by atoms with Crippen LogP contribution >= 0.6 is 0 Å². The van der Waals surface area contributed by atoms with E-state index in [0.29, 0.717) is 24.7 Å². The van der Waals surface area contributed by atoms with E-state index in [1.165, 1.54) is 12.8 Å². The third kappa shape index (κ3) is 2.50. The number of carbonyl (C=O) groups is 1. The molecule has 1 aromatic rings. The Morgan fingerprint density at radius 3 is 2.44 bits per heavy atom. The summed E-state index contributed by atoms with van der Waals surface area (Å²) in [6, 6.07) is 7.99. The molecule has 0 atom stereocenters. The van der Waals surface area contributed by atoms with Gasteiger partial charge < -0.3 is 5.73 Å². The second-order valence-electron chi connectivity index (χ2n) is 4.60. The quantitative estimate of drug-likeness (QED) is 0.841. The smallest absolute Gasteiger partial charge is 0.140 e. The molecule has 0 bridgehead atoms. The Labute approximate surface area is 96.8 Å². The first kappa shape index (κ1) is 11.3. The van der Waals surface area contributed by atoms with Gasteiger partial charge >= 0.3 is 0 Å². The summed E-state index contributed by atoms with van der Waals surface area (Å²) < 4.78 is 0. The highest BCUT2D eigenvalue weighted by Crippen LogP contribution is 2.26. The summed E-state index contributed by atoms with van der Waals surface area (Å²) in [5.74, 6) is 0.712. The van der Waals surface area contributed by atoms with Crippen molar-refractivity contribution in [2.75, 3.05) is 0 Å². The van der Waals surface area contributed by atoms with Crippen LogP contribution in [0.15, 0.2) is 24.3 Å². The van der Waals surface area contributed by atoms with Gasteiger partial charge in [0.25, 0.3) is 0 Å². The molecule has 1 aliphatic carbocycles. The van der Waals surface area contributed by atoms with E-state index in [-0.39, 0.29) is 0 Å². The molecular weight excluding hydrogens is 198 g/mol. The van der Waals surface area contributed by atoms with E-state index in [0.717, 1.165) is 24.0 Å². The van der Waals surface area contributed by atoms with E-state index in [1.807, 2.05) is 24.3 Å². The second-order valence-corrected chi connectivity index (χ2v) is 4.60. The number of rotatable bonds is 4. The van der Waals surface area contributed by atoms with E-state index in [1.54, 1.807) is 0 Å². The van der Waals surface area contributed by atoms with Crippen molar-refractivity contribution >= 4 is 5.78 Å². The van der Waals surface area contributed by atoms with Crippen LogP contribution in [-0.2, 0) is 17.8 Å². The maximum atomic E-state index is 12.0. The molecule has 2 N–H and O–H groups in total. The minimum absolute atomic E-state index is 0.311. The number of ketones is 1. The molecule has 0 saturated heterocycles. The fraction of sp³-hybridized carbons (Fsp3) is 0.500. The van der Waals surface area contributed by atoms with Gasteiger partial charge in [0.2, 0.25) is 0 Å². The lowest BCUT2D eigenvalue weighted by molar-refractivity contribution is -0.122. The zero-order valence-electron chi connectivity index (χ0n) is 9.61. The summed E-state index contributed by atoms with van der Waals surface area (Å²) in [5, 5.41) is 0. The molecule has 2 heteroatoms. The Kier molecular flexibility index (Phi) is 3.73. The van der Waals surface area contributed by atoms with Crippen LogP contribution in [0.3, 0.4) is 0 Å². The van der Waals surface area contributed by atoms with Crippen molar-refractivity contribution in [3.63, 3.8) is 0 Å². The first-order valence-electron chi connectivity index (χ1n) is 6.11. The number of carbonyl (C=O) groups excluding carboxylic acids is 1. The molecule has 0 unspecified atom stereocenters. The summed E-state index contributed by atoms with van der Waals surface area (Å²) in [5.41, 5.74) is 7.89. The monoisotopic (exact) mass is 217 g/mol. The largest absolute Gasteiger partial charge is 0.326 e. The van der Waals surface area contributed by atoms with Gasteiger partial charge in [-0.05, 0) is 24.0 Å². The van der Waals surface area contributed by atoms with Crippen LogP contribution < -0.4 is 5.73 Å². The molecule has 1 aliphatic rings. The number of Topliss-reactive ketones (excluding diaryl/α,β-unsaturated/α-hetero) is 1. The van der Waals surface area contributed by atoms with Crippen LogP contribution in [0.1, 0.15) is 36.8 Å². The SMILES string of the molecule is NCc1ccccc1CC(=O)C1CCCC1. The predicted octanol–water partition coefficient (Wildman–Crippen LogP) is 2.45. The Bertz CT molecular complexity index is 367. The van der Waals surface area contributed by atoms with Crippen LogP contribution in [0, 0.1) is 5.92 Å². The van der Waals surface area contributed by atoms with Gasteiger partial charge in [-0.25, -0.2) is 0 Å². The molecule has 2 rings (SSSR count). The molecule has 86 valence electrons. The number of benzene rings is 1. The zero-order valence-corrected chi connectivity index (χ0v) is 9.61. The van der Waals surface area contributed by atoms with E-state index in [4.69, 9.17) is 5.73 Å².